The normalized spacial score (nSPS) is 11.2. The van der Waals surface area contributed by atoms with Crippen LogP contribution in [0.1, 0.15) is 16.1 Å². The average Bonchev–Trinajstić information content (AvgIpc) is 3.14. The van der Waals surface area contributed by atoms with Crippen LogP contribution in [0.15, 0.2) is 51.7 Å². The molecule has 0 aliphatic heterocycles. The number of carbonyl (C=O) groups is 1. The van der Waals surface area contributed by atoms with E-state index in [2.05, 4.69) is 4.98 Å². The quantitative estimate of drug-likeness (QED) is 0.588. The molecule has 6 nitrogen and oxygen atoms in total. The van der Waals surface area contributed by atoms with Crippen molar-refractivity contribution in [3.63, 3.8) is 0 Å². The first-order valence-corrected chi connectivity index (χ1v) is 7.38. The zero-order chi connectivity index (χ0) is 16.8. The van der Waals surface area contributed by atoms with Crippen molar-refractivity contribution in [3.8, 4) is 5.75 Å². The molecule has 4 rings (SSSR count). The third-order valence-corrected chi connectivity index (χ3v) is 4.13. The molecule has 0 aliphatic carbocycles. The lowest BCUT2D eigenvalue weighted by molar-refractivity contribution is 0.103. The number of hydrogen-bond acceptors (Lipinski definition) is 4. The smallest absolute Gasteiger partial charge is 0.419 e. The van der Waals surface area contributed by atoms with Gasteiger partial charge in [0.1, 0.15) is 5.75 Å². The van der Waals surface area contributed by atoms with Crippen molar-refractivity contribution in [2.75, 3.05) is 7.11 Å². The lowest BCUT2D eigenvalue weighted by Crippen LogP contribution is -2.08. The van der Waals surface area contributed by atoms with Crippen LogP contribution in [-0.2, 0) is 7.05 Å². The van der Waals surface area contributed by atoms with Crippen LogP contribution in [-0.4, -0.2) is 22.4 Å². The molecule has 0 saturated carbocycles. The number of methoxy groups -OCH3 is 1. The molecule has 0 radical (unpaired) electrons. The Morgan fingerprint density at radius 2 is 2.00 bits per heavy atom. The van der Waals surface area contributed by atoms with Gasteiger partial charge in [0.2, 0.25) is 5.78 Å². The molecule has 24 heavy (non-hydrogen) atoms. The maximum Gasteiger partial charge on any atom is 0.419 e. The molecule has 0 atom stereocenters. The van der Waals surface area contributed by atoms with Crippen molar-refractivity contribution in [2.45, 2.75) is 0 Å². The number of aromatic nitrogens is 2. The summed E-state index contributed by atoms with van der Waals surface area (Å²) in [5, 5.41) is 0.894. The number of benzene rings is 2. The molecule has 0 spiro atoms. The van der Waals surface area contributed by atoms with Gasteiger partial charge >= 0.3 is 5.76 Å². The third kappa shape index (κ3) is 2.11. The first-order chi connectivity index (χ1) is 11.6. The standard InChI is InChI=1S/C18H14N2O4/c1-20-15-6-3-10(9-16(15)24-18(20)22)17(21)14-8-11-7-12(23-2)4-5-13(11)19-14/h3-9,19H,1-2H3. The average molecular weight is 322 g/mol. The van der Waals surface area contributed by atoms with E-state index >= 15 is 0 Å². The van der Waals surface area contributed by atoms with Gasteiger partial charge in [-0.2, -0.15) is 0 Å². The Morgan fingerprint density at radius 3 is 2.79 bits per heavy atom. The van der Waals surface area contributed by atoms with Gasteiger partial charge < -0.3 is 14.1 Å². The molecule has 6 heteroatoms. The van der Waals surface area contributed by atoms with Crippen LogP contribution in [0, 0.1) is 0 Å². The zero-order valence-electron chi connectivity index (χ0n) is 13.1. The number of aryl methyl sites for hydroxylation is 1. The summed E-state index contributed by atoms with van der Waals surface area (Å²) >= 11 is 0. The second kappa shape index (κ2) is 5.13. The number of nitrogens with one attached hydrogen (secondary N) is 1. The van der Waals surface area contributed by atoms with Crippen molar-refractivity contribution in [1.82, 2.24) is 9.55 Å². The van der Waals surface area contributed by atoms with E-state index in [0.29, 0.717) is 22.4 Å². The van der Waals surface area contributed by atoms with Gasteiger partial charge in [-0.15, -0.1) is 0 Å². The lowest BCUT2D eigenvalue weighted by atomic mass is 10.1. The zero-order valence-corrected chi connectivity index (χ0v) is 13.1. The molecule has 0 saturated heterocycles. The highest BCUT2D eigenvalue weighted by Crippen LogP contribution is 2.23. The van der Waals surface area contributed by atoms with Gasteiger partial charge in [0, 0.05) is 23.5 Å². The summed E-state index contributed by atoms with van der Waals surface area (Å²) in [6.45, 7) is 0. The van der Waals surface area contributed by atoms with E-state index in [1.165, 1.54) is 4.57 Å². The van der Waals surface area contributed by atoms with E-state index in [-0.39, 0.29) is 5.78 Å². The number of carbonyl (C=O) groups excluding carboxylic acids is 1. The van der Waals surface area contributed by atoms with E-state index < -0.39 is 5.76 Å². The Hall–Kier alpha value is -3.28. The van der Waals surface area contributed by atoms with Gasteiger partial charge in [0.25, 0.3) is 0 Å². The van der Waals surface area contributed by atoms with Crippen LogP contribution in [0.2, 0.25) is 0 Å². The summed E-state index contributed by atoms with van der Waals surface area (Å²) in [6, 6.07) is 12.3. The predicted molar refractivity (Wildman–Crippen MR) is 89.7 cm³/mol. The maximum absolute atomic E-state index is 12.7. The number of oxazole rings is 1. The molecule has 120 valence electrons. The Labute approximate surface area is 136 Å². The Kier molecular flexibility index (Phi) is 3.06. The molecule has 2 aromatic heterocycles. The van der Waals surface area contributed by atoms with E-state index in [9.17, 15) is 9.59 Å². The lowest BCUT2D eigenvalue weighted by Gasteiger charge is -1.99. The molecule has 2 heterocycles. The second-order valence-corrected chi connectivity index (χ2v) is 5.57. The molecule has 4 aromatic rings. The summed E-state index contributed by atoms with van der Waals surface area (Å²) < 4.78 is 11.7. The van der Waals surface area contributed by atoms with Crippen molar-refractivity contribution in [2.24, 2.45) is 7.05 Å². The Balaban J connectivity index is 1.79. The van der Waals surface area contributed by atoms with E-state index in [1.54, 1.807) is 38.4 Å². The third-order valence-electron chi connectivity index (χ3n) is 4.13. The highest BCUT2D eigenvalue weighted by Gasteiger charge is 2.15. The van der Waals surface area contributed by atoms with Crippen LogP contribution >= 0.6 is 0 Å². The molecular formula is C18H14N2O4. The van der Waals surface area contributed by atoms with Crippen LogP contribution in [0.3, 0.4) is 0 Å². The first kappa shape index (κ1) is 14.3. The number of aromatic amines is 1. The summed E-state index contributed by atoms with van der Waals surface area (Å²) in [4.78, 5) is 27.4. The van der Waals surface area contributed by atoms with Crippen molar-refractivity contribution in [1.29, 1.82) is 0 Å². The number of fused-ring (bicyclic) bond motifs is 2. The van der Waals surface area contributed by atoms with Crippen molar-refractivity contribution in [3.05, 3.63) is 64.3 Å². The molecule has 0 fully saturated rings. The summed E-state index contributed by atoms with van der Waals surface area (Å²) in [5.41, 5.74) is 2.82. The monoisotopic (exact) mass is 322 g/mol. The second-order valence-electron chi connectivity index (χ2n) is 5.57. The minimum absolute atomic E-state index is 0.168. The molecule has 0 amide bonds. The summed E-state index contributed by atoms with van der Waals surface area (Å²) in [5.74, 6) is 0.110. The first-order valence-electron chi connectivity index (χ1n) is 7.38. The van der Waals surface area contributed by atoms with Crippen LogP contribution < -0.4 is 10.5 Å². The fourth-order valence-corrected chi connectivity index (χ4v) is 2.79. The molecule has 2 aromatic carbocycles. The summed E-state index contributed by atoms with van der Waals surface area (Å²) in [7, 11) is 3.23. The molecule has 0 bridgehead atoms. The highest BCUT2D eigenvalue weighted by atomic mass is 16.5. The summed E-state index contributed by atoms with van der Waals surface area (Å²) in [6.07, 6.45) is 0. The van der Waals surface area contributed by atoms with Gasteiger partial charge in [0.05, 0.1) is 18.3 Å². The van der Waals surface area contributed by atoms with Gasteiger partial charge in [-0.3, -0.25) is 9.36 Å². The molecule has 0 aliphatic rings. The highest BCUT2D eigenvalue weighted by molar-refractivity contribution is 6.11. The van der Waals surface area contributed by atoms with E-state index in [0.717, 1.165) is 16.7 Å². The Bertz CT molecular complexity index is 1150. The largest absolute Gasteiger partial charge is 0.497 e. The fraction of sp³-hybridized carbons (Fsp3) is 0.111. The molecular weight excluding hydrogens is 308 g/mol. The fourth-order valence-electron chi connectivity index (χ4n) is 2.79. The Morgan fingerprint density at radius 1 is 1.17 bits per heavy atom. The van der Waals surface area contributed by atoms with Crippen LogP contribution in [0.4, 0.5) is 0 Å². The number of hydrogen-bond donors (Lipinski definition) is 1. The minimum Gasteiger partial charge on any atom is -0.497 e. The van der Waals surface area contributed by atoms with Crippen LogP contribution in [0.5, 0.6) is 5.75 Å². The minimum atomic E-state index is -0.452. The predicted octanol–water partition coefficient (Wildman–Crippen LogP) is 2.85. The van der Waals surface area contributed by atoms with E-state index in [1.807, 2.05) is 18.2 Å². The molecule has 1 N–H and O–H groups in total. The number of ketones is 1. The van der Waals surface area contributed by atoms with Crippen LogP contribution in [0.25, 0.3) is 22.0 Å². The van der Waals surface area contributed by atoms with Gasteiger partial charge in [0.15, 0.2) is 5.58 Å². The van der Waals surface area contributed by atoms with Crippen molar-refractivity contribution >= 4 is 27.8 Å². The van der Waals surface area contributed by atoms with Gasteiger partial charge in [-0.25, -0.2) is 4.79 Å². The van der Waals surface area contributed by atoms with Crippen molar-refractivity contribution < 1.29 is 13.9 Å². The van der Waals surface area contributed by atoms with E-state index in [4.69, 9.17) is 9.15 Å². The maximum atomic E-state index is 12.7. The SMILES string of the molecule is COc1ccc2[nH]c(C(=O)c3ccc4c(c3)oc(=O)n4C)cc2c1. The van der Waals surface area contributed by atoms with Gasteiger partial charge in [-0.1, -0.05) is 0 Å². The number of ether oxygens (including phenoxy) is 1. The number of H-pyrrole nitrogens is 1. The topological polar surface area (TPSA) is 77.2 Å². The molecule has 0 unspecified atom stereocenters. The number of rotatable bonds is 3. The number of nitrogens with zero attached hydrogens (tertiary/aromatic N) is 1. The van der Waals surface area contributed by atoms with Gasteiger partial charge in [-0.05, 0) is 42.5 Å².